The number of aryl methyl sites for hydroxylation is 1. The lowest BCUT2D eigenvalue weighted by Gasteiger charge is -2.53. The predicted molar refractivity (Wildman–Crippen MR) is 175 cm³/mol. The van der Waals surface area contributed by atoms with Crippen LogP contribution in [0.2, 0.25) is 0 Å². The van der Waals surface area contributed by atoms with Gasteiger partial charge in [0.15, 0.2) is 0 Å². The van der Waals surface area contributed by atoms with Gasteiger partial charge in [-0.15, -0.1) is 11.3 Å². The number of rotatable bonds is 5. The Balaban J connectivity index is 1.09. The monoisotopic (exact) mass is 640 g/mol. The number of anilines is 3. The number of nitrogens with zero attached hydrogens (tertiary/aromatic N) is 3. The van der Waals surface area contributed by atoms with Crippen molar-refractivity contribution in [3.05, 3.63) is 93.7 Å². The van der Waals surface area contributed by atoms with Crippen LogP contribution in [0.1, 0.15) is 54.4 Å². The summed E-state index contributed by atoms with van der Waals surface area (Å²) in [4.78, 5) is 49.1. The molecule has 3 amide bonds. The third-order valence-corrected chi connectivity index (χ3v) is 10.3. The fraction of sp³-hybridized carbons (Fsp3) is 0.294. The van der Waals surface area contributed by atoms with Crippen molar-refractivity contribution < 1.29 is 23.5 Å². The second-order valence-electron chi connectivity index (χ2n) is 12.2. The molecule has 4 aromatic rings. The van der Waals surface area contributed by atoms with Crippen molar-refractivity contribution in [2.24, 2.45) is 11.3 Å². The average molecular weight is 641 g/mol. The number of ether oxygens (including phenoxy) is 1. The van der Waals surface area contributed by atoms with Gasteiger partial charge in [0.2, 0.25) is 0 Å². The van der Waals surface area contributed by atoms with Crippen LogP contribution >= 0.6 is 11.3 Å². The highest BCUT2D eigenvalue weighted by Gasteiger charge is 2.45. The molecule has 3 aliphatic rings. The largest absolute Gasteiger partial charge is 0.381 e. The molecule has 5 heterocycles. The van der Waals surface area contributed by atoms with E-state index in [9.17, 15) is 18.8 Å². The van der Waals surface area contributed by atoms with E-state index in [2.05, 4.69) is 20.6 Å². The van der Waals surface area contributed by atoms with Crippen LogP contribution in [0, 0.1) is 18.2 Å². The Kier molecular flexibility index (Phi) is 7.79. The molecule has 0 atom stereocenters. The lowest BCUT2D eigenvalue weighted by atomic mass is 9.73. The third-order valence-electron chi connectivity index (χ3n) is 9.05. The number of halogens is 1. The molecule has 236 valence electrons. The van der Waals surface area contributed by atoms with Gasteiger partial charge in [-0.05, 0) is 91.9 Å². The van der Waals surface area contributed by atoms with Crippen LogP contribution in [0.15, 0.2) is 60.8 Å². The van der Waals surface area contributed by atoms with Gasteiger partial charge < -0.3 is 19.9 Å². The molecule has 2 aromatic heterocycles. The number of nitrogens with two attached hydrogens (primary N) is 1. The summed E-state index contributed by atoms with van der Waals surface area (Å²) in [5, 5.41) is 2.97. The third kappa shape index (κ3) is 5.52. The maximum Gasteiger partial charge on any atom is 0.275 e. The minimum absolute atomic E-state index is 0.232. The van der Waals surface area contributed by atoms with E-state index in [-0.39, 0.29) is 23.8 Å². The van der Waals surface area contributed by atoms with Crippen LogP contribution in [0.4, 0.5) is 21.6 Å². The highest BCUT2D eigenvalue weighted by Crippen LogP contribution is 2.43. The van der Waals surface area contributed by atoms with Crippen molar-refractivity contribution >= 4 is 46.3 Å². The van der Waals surface area contributed by atoms with Crippen molar-refractivity contribution in [3.63, 3.8) is 0 Å². The van der Waals surface area contributed by atoms with Gasteiger partial charge in [0.25, 0.3) is 17.7 Å². The number of benzene rings is 2. The number of pyridine rings is 1. The van der Waals surface area contributed by atoms with Crippen molar-refractivity contribution in [1.82, 2.24) is 10.4 Å². The first-order valence-electron chi connectivity index (χ1n) is 15.2. The van der Waals surface area contributed by atoms with E-state index in [0.717, 1.165) is 55.1 Å². The Morgan fingerprint density at radius 2 is 1.78 bits per heavy atom. The minimum Gasteiger partial charge on any atom is -0.381 e. The lowest BCUT2D eigenvalue weighted by molar-refractivity contribution is -0.000511. The van der Waals surface area contributed by atoms with Gasteiger partial charge >= 0.3 is 0 Å². The summed E-state index contributed by atoms with van der Waals surface area (Å²) in [7, 11) is 0. The van der Waals surface area contributed by atoms with Gasteiger partial charge in [-0.1, -0.05) is 0 Å². The van der Waals surface area contributed by atoms with E-state index < -0.39 is 11.7 Å². The molecular formula is C34H33FN6O4S. The van der Waals surface area contributed by atoms with E-state index >= 15 is 0 Å². The molecule has 2 aromatic carbocycles. The Labute approximate surface area is 269 Å². The number of nitrogen functional groups attached to an aromatic ring is 1. The molecular weight excluding hydrogens is 607 g/mol. The Bertz CT molecular complexity index is 1840. The molecule has 0 radical (unpaired) electrons. The second kappa shape index (κ2) is 11.9. The maximum absolute atomic E-state index is 14.5. The number of hydrogen-bond donors (Lipinski definition) is 3. The number of aromatic nitrogens is 1. The quantitative estimate of drug-likeness (QED) is 0.160. The summed E-state index contributed by atoms with van der Waals surface area (Å²) in [6.07, 6.45) is 4.29. The number of hydrazine groups is 1. The van der Waals surface area contributed by atoms with E-state index in [0.29, 0.717) is 45.2 Å². The Morgan fingerprint density at radius 3 is 2.52 bits per heavy atom. The maximum atomic E-state index is 14.5. The first kappa shape index (κ1) is 30.0. The molecule has 4 N–H and O–H groups in total. The molecule has 2 fully saturated rings. The summed E-state index contributed by atoms with van der Waals surface area (Å²) in [5.41, 5.74) is 6.68. The first-order valence-corrected chi connectivity index (χ1v) is 16.0. The SMILES string of the molecule is Cc1cnc(N2CC3(CCOCC3)C2)c(C(=O)Nc2ccc(C(=O)N3CCc4cc(C(=O)NN)sc4-c4ccc(F)cc43)cc2)c1. The lowest BCUT2D eigenvalue weighted by Crippen LogP contribution is -2.59. The van der Waals surface area contributed by atoms with Gasteiger partial charge in [-0.3, -0.25) is 19.8 Å². The van der Waals surface area contributed by atoms with Gasteiger partial charge in [-0.25, -0.2) is 15.2 Å². The van der Waals surface area contributed by atoms with Crippen LogP contribution in [0.25, 0.3) is 10.4 Å². The summed E-state index contributed by atoms with van der Waals surface area (Å²) < 4.78 is 20.0. The standard InChI is InChI=1S/C34H33FN6O4S/c1-20-14-26(30(37-17-20)40-18-34(19-40)9-12-45-13-10-34)31(42)38-24-5-2-21(3-6-24)33(44)41-11-8-22-15-28(32(43)39-36)46-29(22)25-7-4-23(35)16-27(25)41/h2-7,14-17H,8-13,18-19,36H2,1H3,(H,38,42)(H,39,43). The van der Waals surface area contributed by atoms with Crippen LogP contribution in [0.3, 0.4) is 0 Å². The zero-order valence-electron chi connectivity index (χ0n) is 25.3. The zero-order chi connectivity index (χ0) is 32.0. The molecule has 7 rings (SSSR count). The predicted octanol–water partition coefficient (Wildman–Crippen LogP) is 4.93. The Morgan fingerprint density at radius 1 is 1.02 bits per heavy atom. The molecule has 0 unspecified atom stereocenters. The van der Waals surface area contributed by atoms with Crippen LogP contribution in [-0.4, -0.2) is 55.6 Å². The minimum atomic E-state index is -0.472. The first-order chi connectivity index (χ1) is 22.2. The second-order valence-corrected chi connectivity index (χ2v) is 13.2. The summed E-state index contributed by atoms with van der Waals surface area (Å²) >= 11 is 1.25. The molecule has 1 spiro atoms. The topological polar surface area (TPSA) is 130 Å². The van der Waals surface area contributed by atoms with Gasteiger partial charge in [0.05, 0.1) is 16.1 Å². The van der Waals surface area contributed by atoms with E-state index in [4.69, 9.17) is 10.6 Å². The number of carbonyl (C=O) groups is 3. The Hall–Kier alpha value is -4.65. The highest BCUT2D eigenvalue weighted by atomic mass is 32.1. The fourth-order valence-corrected chi connectivity index (χ4v) is 7.72. The van der Waals surface area contributed by atoms with Crippen molar-refractivity contribution in [2.45, 2.75) is 26.2 Å². The number of carbonyl (C=O) groups excluding carboxylic acids is 3. The summed E-state index contributed by atoms with van der Waals surface area (Å²) in [5.74, 6) is 4.55. The smallest absolute Gasteiger partial charge is 0.275 e. The molecule has 0 aliphatic carbocycles. The molecule has 0 bridgehead atoms. The number of amides is 3. The van der Waals surface area contributed by atoms with Gasteiger partial charge in [0.1, 0.15) is 11.6 Å². The van der Waals surface area contributed by atoms with E-state index in [1.165, 1.54) is 23.5 Å². The fourth-order valence-electron chi connectivity index (χ4n) is 6.57. The molecule has 0 saturated carbocycles. The number of fused-ring (bicyclic) bond motifs is 3. The van der Waals surface area contributed by atoms with Gasteiger partial charge in [-0.2, -0.15) is 0 Å². The number of thiophene rings is 1. The van der Waals surface area contributed by atoms with Crippen LogP contribution in [0.5, 0.6) is 0 Å². The molecule has 3 aliphatic heterocycles. The van der Waals surface area contributed by atoms with Crippen molar-refractivity contribution in [2.75, 3.05) is 48.0 Å². The van der Waals surface area contributed by atoms with Gasteiger partial charge in [0, 0.05) is 66.2 Å². The van der Waals surface area contributed by atoms with E-state index in [1.807, 2.05) is 13.0 Å². The average Bonchev–Trinajstić information content (AvgIpc) is 3.42. The van der Waals surface area contributed by atoms with Crippen molar-refractivity contribution in [1.29, 1.82) is 0 Å². The van der Waals surface area contributed by atoms with E-state index in [1.54, 1.807) is 47.5 Å². The summed E-state index contributed by atoms with van der Waals surface area (Å²) in [6, 6.07) is 14.6. The normalized spacial score (nSPS) is 16.6. The van der Waals surface area contributed by atoms with Crippen molar-refractivity contribution in [3.8, 4) is 10.4 Å². The number of hydrogen-bond acceptors (Lipinski definition) is 8. The molecule has 2 saturated heterocycles. The summed E-state index contributed by atoms with van der Waals surface area (Å²) in [6.45, 7) is 5.44. The molecule has 46 heavy (non-hydrogen) atoms. The molecule has 12 heteroatoms. The highest BCUT2D eigenvalue weighted by molar-refractivity contribution is 7.17. The zero-order valence-corrected chi connectivity index (χ0v) is 26.1. The molecule has 10 nitrogen and oxygen atoms in total. The van der Waals surface area contributed by atoms with Crippen LogP contribution < -0.4 is 26.4 Å². The van der Waals surface area contributed by atoms with Crippen LogP contribution in [-0.2, 0) is 11.2 Å². The number of nitrogens with one attached hydrogen (secondary N) is 2.